The molecule has 1 N–H and O–H groups in total. The minimum Gasteiger partial charge on any atom is -0.352 e. The van der Waals surface area contributed by atoms with E-state index in [1.807, 2.05) is 0 Å². The van der Waals surface area contributed by atoms with Gasteiger partial charge in [0, 0.05) is 29.4 Å². The number of alkyl halides is 1. The van der Waals surface area contributed by atoms with Gasteiger partial charge in [0.15, 0.2) is 0 Å². The van der Waals surface area contributed by atoms with Crippen LogP contribution in [0.3, 0.4) is 0 Å². The van der Waals surface area contributed by atoms with Crippen molar-refractivity contribution in [2.45, 2.75) is 13.0 Å². The number of benzene rings is 1. The van der Waals surface area contributed by atoms with Gasteiger partial charge >= 0.3 is 0 Å². The number of hydrogen-bond acceptors (Lipinski definition) is 1. The van der Waals surface area contributed by atoms with Crippen LogP contribution in [0.2, 0.25) is 5.02 Å². The summed E-state index contributed by atoms with van der Waals surface area (Å²) in [6.45, 7) is 0.152. The molecule has 0 bridgehead atoms. The quantitative estimate of drug-likeness (QED) is 0.818. The molecule has 0 saturated heterocycles. The molecule has 0 atom stereocenters. The van der Waals surface area contributed by atoms with E-state index in [9.17, 15) is 9.18 Å². The molecule has 0 aliphatic rings. The zero-order valence-electron chi connectivity index (χ0n) is 7.90. The van der Waals surface area contributed by atoms with E-state index in [-0.39, 0.29) is 24.8 Å². The SMILES string of the molecule is O=C(CCCl)NCc1ccc(Cl)cc1F. The Morgan fingerprint density at radius 1 is 1.47 bits per heavy atom. The van der Waals surface area contributed by atoms with Crippen LogP contribution in [-0.4, -0.2) is 11.8 Å². The highest BCUT2D eigenvalue weighted by atomic mass is 35.5. The molecule has 0 heterocycles. The summed E-state index contributed by atoms with van der Waals surface area (Å²) < 4.78 is 13.2. The number of carbonyl (C=O) groups excluding carboxylic acids is 1. The van der Waals surface area contributed by atoms with Crippen LogP contribution >= 0.6 is 23.2 Å². The van der Waals surface area contributed by atoms with Gasteiger partial charge in [-0.1, -0.05) is 17.7 Å². The van der Waals surface area contributed by atoms with Crippen LogP contribution in [0.15, 0.2) is 18.2 Å². The molecule has 5 heteroatoms. The number of nitrogens with one attached hydrogen (secondary N) is 1. The zero-order chi connectivity index (χ0) is 11.3. The average Bonchev–Trinajstić information content (AvgIpc) is 2.17. The molecular formula is C10H10Cl2FNO. The lowest BCUT2D eigenvalue weighted by atomic mass is 10.2. The monoisotopic (exact) mass is 249 g/mol. The van der Waals surface area contributed by atoms with Gasteiger partial charge < -0.3 is 5.32 Å². The van der Waals surface area contributed by atoms with Crippen LogP contribution in [0, 0.1) is 5.82 Å². The maximum Gasteiger partial charge on any atom is 0.221 e. The molecular weight excluding hydrogens is 240 g/mol. The van der Waals surface area contributed by atoms with Crippen LogP contribution in [0.25, 0.3) is 0 Å². The Balaban J connectivity index is 2.54. The molecule has 0 aromatic heterocycles. The lowest BCUT2D eigenvalue weighted by Crippen LogP contribution is -2.23. The smallest absolute Gasteiger partial charge is 0.221 e. The van der Waals surface area contributed by atoms with E-state index in [4.69, 9.17) is 23.2 Å². The molecule has 0 fully saturated rings. The van der Waals surface area contributed by atoms with Crippen molar-refractivity contribution in [3.63, 3.8) is 0 Å². The van der Waals surface area contributed by atoms with E-state index in [1.165, 1.54) is 6.07 Å². The van der Waals surface area contributed by atoms with Gasteiger partial charge in [0.2, 0.25) is 5.91 Å². The van der Waals surface area contributed by atoms with Crippen LogP contribution < -0.4 is 5.32 Å². The minimum atomic E-state index is -0.423. The van der Waals surface area contributed by atoms with E-state index >= 15 is 0 Å². The third kappa shape index (κ3) is 4.06. The van der Waals surface area contributed by atoms with Crippen LogP contribution in [0.4, 0.5) is 4.39 Å². The van der Waals surface area contributed by atoms with Crippen molar-refractivity contribution in [2.24, 2.45) is 0 Å². The van der Waals surface area contributed by atoms with Gasteiger partial charge in [-0.25, -0.2) is 4.39 Å². The maximum absolute atomic E-state index is 13.2. The Morgan fingerprint density at radius 3 is 2.80 bits per heavy atom. The summed E-state index contributed by atoms with van der Waals surface area (Å²) in [6, 6.07) is 4.33. The first kappa shape index (κ1) is 12.3. The Labute approximate surface area is 97.4 Å². The van der Waals surface area contributed by atoms with Crippen molar-refractivity contribution in [1.82, 2.24) is 5.32 Å². The Morgan fingerprint density at radius 2 is 2.20 bits per heavy atom. The first-order chi connectivity index (χ1) is 7.13. The fraction of sp³-hybridized carbons (Fsp3) is 0.300. The van der Waals surface area contributed by atoms with E-state index in [0.29, 0.717) is 10.6 Å². The van der Waals surface area contributed by atoms with Crippen molar-refractivity contribution >= 4 is 29.1 Å². The fourth-order valence-corrected chi connectivity index (χ4v) is 1.36. The van der Waals surface area contributed by atoms with Gasteiger partial charge in [-0.2, -0.15) is 0 Å². The largest absolute Gasteiger partial charge is 0.352 e. The molecule has 1 aromatic carbocycles. The summed E-state index contributed by atoms with van der Waals surface area (Å²) in [5.41, 5.74) is 0.405. The molecule has 15 heavy (non-hydrogen) atoms. The van der Waals surface area contributed by atoms with Gasteiger partial charge in [-0.05, 0) is 12.1 Å². The summed E-state index contributed by atoms with van der Waals surface area (Å²) in [7, 11) is 0. The number of hydrogen-bond donors (Lipinski definition) is 1. The molecule has 0 aliphatic carbocycles. The molecule has 0 aliphatic heterocycles. The maximum atomic E-state index is 13.2. The van der Waals surface area contributed by atoms with Gasteiger partial charge in [0.1, 0.15) is 5.82 Å². The predicted molar refractivity (Wildman–Crippen MR) is 58.6 cm³/mol. The Hall–Kier alpha value is -0.800. The van der Waals surface area contributed by atoms with Crippen molar-refractivity contribution in [3.05, 3.63) is 34.6 Å². The summed E-state index contributed by atoms with van der Waals surface area (Å²) in [5.74, 6) is -0.359. The molecule has 0 unspecified atom stereocenters. The molecule has 1 rings (SSSR count). The second-order valence-corrected chi connectivity index (χ2v) is 3.77. The first-order valence-corrected chi connectivity index (χ1v) is 5.31. The zero-order valence-corrected chi connectivity index (χ0v) is 9.41. The Kier molecular flexibility index (Phi) is 4.85. The second-order valence-electron chi connectivity index (χ2n) is 2.95. The molecule has 0 spiro atoms. The normalized spacial score (nSPS) is 10.1. The third-order valence-corrected chi connectivity index (χ3v) is 2.24. The fourth-order valence-electron chi connectivity index (χ4n) is 1.03. The highest BCUT2D eigenvalue weighted by molar-refractivity contribution is 6.30. The van der Waals surface area contributed by atoms with Crippen LogP contribution in [-0.2, 0) is 11.3 Å². The second kappa shape index (κ2) is 5.93. The summed E-state index contributed by atoms with van der Waals surface area (Å²) >= 11 is 11.0. The standard InChI is InChI=1S/C10H10Cl2FNO/c11-4-3-10(15)14-6-7-1-2-8(12)5-9(7)13/h1-2,5H,3-4,6H2,(H,14,15). The Bertz CT molecular complexity index is 357. The van der Waals surface area contributed by atoms with Crippen molar-refractivity contribution in [3.8, 4) is 0 Å². The molecule has 0 saturated carbocycles. The number of carbonyl (C=O) groups is 1. The van der Waals surface area contributed by atoms with Crippen molar-refractivity contribution in [2.75, 3.05) is 5.88 Å². The topological polar surface area (TPSA) is 29.1 Å². The van der Waals surface area contributed by atoms with Gasteiger partial charge in [-0.3, -0.25) is 4.79 Å². The summed E-state index contributed by atoms with van der Waals surface area (Å²) in [6.07, 6.45) is 0.233. The van der Waals surface area contributed by atoms with E-state index in [0.717, 1.165) is 0 Å². The predicted octanol–water partition coefficient (Wildman–Crippen LogP) is 2.72. The molecule has 82 valence electrons. The van der Waals surface area contributed by atoms with Crippen LogP contribution in [0.5, 0.6) is 0 Å². The molecule has 2 nitrogen and oxygen atoms in total. The lowest BCUT2D eigenvalue weighted by molar-refractivity contribution is -0.120. The first-order valence-electron chi connectivity index (χ1n) is 4.40. The number of rotatable bonds is 4. The van der Waals surface area contributed by atoms with Gasteiger partial charge in [0.25, 0.3) is 0 Å². The van der Waals surface area contributed by atoms with Crippen molar-refractivity contribution in [1.29, 1.82) is 0 Å². The highest BCUT2D eigenvalue weighted by Gasteiger charge is 2.04. The van der Waals surface area contributed by atoms with E-state index in [2.05, 4.69) is 5.32 Å². The van der Waals surface area contributed by atoms with Gasteiger partial charge in [0.05, 0.1) is 0 Å². The van der Waals surface area contributed by atoms with Gasteiger partial charge in [-0.15, -0.1) is 11.6 Å². The summed E-state index contributed by atoms with van der Waals surface area (Å²) in [5, 5.41) is 2.89. The minimum absolute atomic E-state index is 0.152. The summed E-state index contributed by atoms with van der Waals surface area (Å²) in [4.78, 5) is 11.1. The highest BCUT2D eigenvalue weighted by Crippen LogP contribution is 2.14. The molecule has 0 radical (unpaired) electrons. The number of halogens is 3. The number of amides is 1. The van der Waals surface area contributed by atoms with Crippen molar-refractivity contribution < 1.29 is 9.18 Å². The lowest BCUT2D eigenvalue weighted by Gasteiger charge is -2.05. The molecule has 1 aromatic rings. The van der Waals surface area contributed by atoms with E-state index in [1.54, 1.807) is 12.1 Å². The van der Waals surface area contributed by atoms with E-state index < -0.39 is 5.82 Å². The van der Waals surface area contributed by atoms with Crippen LogP contribution in [0.1, 0.15) is 12.0 Å². The average molecular weight is 250 g/mol. The third-order valence-electron chi connectivity index (χ3n) is 1.81. The molecule has 1 amide bonds.